The SMILES string of the molecule is NCc1ccc(CCC(=O)N2CCC(Oc3ccc(F)cc3)CC2)cc1. The lowest BCUT2D eigenvalue weighted by atomic mass is 10.0. The Hall–Kier alpha value is -2.40. The monoisotopic (exact) mass is 356 g/mol. The second-order valence-corrected chi connectivity index (χ2v) is 6.67. The summed E-state index contributed by atoms with van der Waals surface area (Å²) in [5.74, 6) is 0.598. The average molecular weight is 356 g/mol. The van der Waals surface area contributed by atoms with E-state index in [0.717, 1.165) is 30.4 Å². The number of aryl methyl sites for hydroxylation is 1. The van der Waals surface area contributed by atoms with Gasteiger partial charge in [-0.3, -0.25) is 4.79 Å². The zero-order valence-corrected chi connectivity index (χ0v) is 14.9. The normalized spacial score (nSPS) is 15.1. The Morgan fingerprint density at radius 2 is 1.65 bits per heavy atom. The molecule has 26 heavy (non-hydrogen) atoms. The van der Waals surface area contributed by atoms with E-state index in [-0.39, 0.29) is 17.8 Å². The molecule has 0 bridgehead atoms. The van der Waals surface area contributed by atoms with Crippen molar-refractivity contribution >= 4 is 5.91 Å². The molecule has 0 saturated carbocycles. The second kappa shape index (κ2) is 8.81. The van der Waals surface area contributed by atoms with Crippen molar-refractivity contribution in [3.8, 4) is 5.75 Å². The Balaban J connectivity index is 1.42. The summed E-state index contributed by atoms with van der Waals surface area (Å²) in [7, 11) is 0. The topological polar surface area (TPSA) is 55.6 Å². The molecule has 2 aromatic rings. The van der Waals surface area contributed by atoms with Crippen LogP contribution in [0.4, 0.5) is 4.39 Å². The van der Waals surface area contributed by atoms with Crippen LogP contribution in [0.2, 0.25) is 0 Å². The predicted molar refractivity (Wildman–Crippen MR) is 99.3 cm³/mol. The molecular formula is C21H25FN2O2. The van der Waals surface area contributed by atoms with Gasteiger partial charge >= 0.3 is 0 Å². The average Bonchev–Trinajstić information content (AvgIpc) is 2.69. The Morgan fingerprint density at radius 3 is 2.27 bits per heavy atom. The first-order valence-electron chi connectivity index (χ1n) is 9.12. The summed E-state index contributed by atoms with van der Waals surface area (Å²) in [6.07, 6.45) is 2.94. The Bertz CT molecular complexity index is 708. The van der Waals surface area contributed by atoms with Crippen LogP contribution < -0.4 is 10.5 Å². The van der Waals surface area contributed by atoms with Gasteiger partial charge in [-0.15, -0.1) is 0 Å². The summed E-state index contributed by atoms with van der Waals surface area (Å²) in [5.41, 5.74) is 7.86. The number of halogens is 1. The summed E-state index contributed by atoms with van der Waals surface area (Å²) in [6, 6.07) is 14.2. The van der Waals surface area contributed by atoms with E-state index in [1.165, 1.54) is 12.1 Å². The van der Waals surface area contributed by atoms with Crippen LogP contribution in [0.5, 0.6) is 5.75 Å². The van der Waals surface area contributed by atoms with Crippen molar-refractivity contribution in [2.75, 3.05) is 13.1 Å². The molecule has 0 aromatic heterocycles. The minimum Gasteiger partial charge on any atom is -0.490 e. The first-order valence-corrected chi connectivity index (χ1v) is 9.12. The number of hydrogen-bond acceptors (Lipinski definition) is 3. The molecule has 3 rings (SSSR count). The van der Waals surface area contributed by atoms with Crippen molar-refractivity contribution in [1.29, 1.82) is 0 Å². The van der Waals surface area contributed by atoms with Gasteiger partial charge in [0.2, 0.25) is 5.91 Å². The molecule has 1 aliphatic heterocycles. The van der Waals surface area contributed by atoms with Crippen molar-refractivity contribution in [2.45, 2.75) is 38.3 Å². The number of nitrogens with two attached hydrogens (primary N) is 1. The third kappa shape index (κ3) is 5.05. The van der Waals surface area contributed by atoms with E-state index >= 15 is 0 Å². The van der Waals surface area contributed by atoms with Gasteiger partial charge in [0.25, 0.3) is 0 Å². The summed E-state index contributed by atoms with van der Waals surface area (Å²) < 4.78 is 18.8. The fourth-order valence-corrected chi connectivity index (χ4v) is 3.18. The molecule has 0 radical (unpaired) electrons. The van der Waals surface area contributed by atoms with Gasteiger partial charge in [-0.2, -0.15) is 0 Å². The number of benzene rings is 2. The van der Waals surface area contributed by atoms with Gasteiger partial charge in [0, 0.05) is 38.9 Å². The minimum atomic E-state index is -0.268. The van der Waals surface area contributed by atoms with Crippen LogP contribution in [0, 0.1) is 5.82 Å². The number of piperidine rings is 1. The first kappa shape index (κ1) is 18.4. The van der Waals surface area contributed by atoms with E-state index in [1.54, 1.807) is 12.1 Å². The maximum absolute atomic E-state index is 12.9. The van der Waals surface area contributed by atoms with Crippen LogP contribution in [-0.4, -0.2) is 30.0 Å². The Morgan fingerprint density at radius 1 is 1.04 bits per heavy atom. The lowest BCUT2D eigenvalue weighted by Gasteiger charge is -2.32. The number of rotatable bonds is 6. The van der Waals surface area contributed by atoms with Crippen LogP contribution in [0.3, 0.4) is 0 Å². The molecule has 1 heterocycles. The molecular weight excluding hydrogens is 331 g/mol. The zero-order chi connectivity index (χ0) is 18.4. The standard InChI is InChI=1S/C21H25FN2O2/c22-18-6-8-19(9-7-18)26-20-11-13-24(14-12-20)21(25)10-5-16-1-3-17(15-23)4-2-16/h1-4,6-9,20H,5,10-15,23H2. The van der Waals surface area contributed by atoms with Crippen LogP contribution in [0.15, 0.2) is 48.5 Å². The van der Waals surface area contributed by atoms with Crippen molar-refractivity contribution in [1.82, 2.24) is 4.90 Å². The van der Waals surface area contributed by atoms with E-state index in [4.69, 9.17) is 10.5 Å². The van der Waals surface area contributed by atoms with E-state index in [2.05, 4.69) is 0 Å². The largest absolute Gasteiger partial charge is 0.490 e. The Kier molecular flexibility index (Phi) is 6.23. The molecule has 0 spiro atoms. The molecule has 5 heteroatoms. The van der Waals surface area contributed by atoms with Gasteiger partial charge in [0.1, 0.15) is 17.7 Å². The highest BCUT2D eigenvalue weighted by Crippen LogP contribution is 2.20. The molecule has 1 saturated heterocycles. The van der Waals surface area contributed by atoms with Crippen molar-refractivity contribution in [3.63, 3.8) is 0 Å². The summed E-state index contributed by atoms with van der Waals surface area (Å²) in [6.45, 7) is 1.95. The van der Waals surface area contributed by atoms with Gasteiger partial charge in [0.05, 0.1) is 0 Å². The number of amides is 1. The van der Waals surface area contributed by atoms with Crippen LogP contribution in [-0.2, 0) is 17.8 Å². The van der Waals surface area contributed by atoms with E-state index in [1.807, 2.05) is 29.2 Å². The molecule has 2 aromatic carbocycles. The van der Waals surface area contributed by atoms with E-state index in [9.17, 15) is 9.18 Å². The molecule has 1 fully saturated rings. The molecule has 1 amide bonds. The molecule has 2 N–H and O–H groups in total. The molecule has 0 aliphatic carbocycles. The maximum atomic E-state index is 12.9. The van der Waals surface area contributed by atoms with Gasteiger partial charge in [-0.1, -0.05) is 24.3 Å². The van der Waals surface area contributed by atoms with E-state index in [0.29, 0.717) is 31.8 Å². The number of nitrogens with zero attached hydrogens (tertiary/aromatic N) is 1. The third-order valence-corrected chi connectivity index (χ3v) is 4.80. The fourth-order valence-electron chi connectivity index (χ4n) is 3.18. The van der Waals surface area contributed by atoms with Crippen molar-refractivity contribution in [3.05, 3.63) is 65.5 Å². The lowest BCUT2D eigenvalue weighted by molar-refractivity contribution is -0.132. The second-order valence-electron chi connectivity index (χ2n) is 6.67. The summed E-state index contributed by atoms with van der Waals surface area (Å²) in [5, 5.41) is 0. The molecule has 138 valence electrons. The number of carbonyl (C=O) groups excluding carboxylic acids is 1. The molecule has 4 nitrogen and oxygen atoms in total. The van der Waals surface area contributed by atoms with Crippen LogP contribution >= 0.6 is 0 Å². The number of ether oxygens (including phenoxy) is 1. The van der Waals surface area contributed by atoms with Crippen molar-refractivity contribution in [2.24, 2.45) is 5.73 Å². The third-order valence-electron chi connectivity index (χ3n) is 4.80. The van der Waals surface area contributed by atoms with Gasteiger partial charge in [-0.25, -0.2) is 4.39 Å². The van der Waals surface area contributed by atoms with Crippen LogP contribution in [0.25, 0.3) is 0 Å². The highest BCUT2D eigenvalue weighted by molar-refractivity contribution is 5.76. The van der Waals surface area contributed by atoms with Crippen molar-refractivity contribution < 1.29 is 13.9 Å². The smallest absolute Gasteiger partial charge is 0.222 e. The highest BCUT2D eigenvalue weighted by atomic mass is 19.1. The summed E-state index contributed by atoms with van der Waals surface area (Å²) >= 11 is 0. The molecule has 0 atom stereocenters. The zero-order valence-electron chi connectivity index (χ0n) is 14.9. The first-order chi connectivity index (χ1) is 12.6. The lowest BCUT2D eigenvalue weighted by Crippen LogP contribution is -2.41. The highest BCUT2D eigenvalue weighted by Gasteiger charge is 2.23. The predicted octanol–water partition coefficient (Wildman–Crippen LogP) is 3.29. The number of hydrogen-bond donors (Lipinski definition) is 1. The molecule has 1 aliphatic rings. The molecule has 0 unspecified atom stereocenters. The maximum Gasteiger partial charge on any atom is 0.222 e. The quantitative estimate of drug-likeness (QED) is 0.864. The number of likely N-dealkylation sites (tertiary alicyclic amines) is 1. The minimum absolute atomic E-state index is 0.0771. The van der Waals surface area contributed by atoms with Gasteiger partial charge in [0.15, 0.2) is 0 Å². The number of carbonyl (C=O) groups is 1. The van der Waals surface area contributed by atoms with Gasteiger partial charge < -0.3 is 15.4 Å². The Labute approximate surface area is 153 Å². The van der Waals surface area contributed by atoms with E-state index < -0.39 is 0 Å². The fraction of sp³-hybridized carbons (Fsp3) is 0.381. The van der Waals surface area contributed by atoms with Crippen LogP contribution in [0.1, 0.15) is 30.4 Å². The summed E-state index contributed by atoms with van der Waals surface area (Å²) in [4.78, 5) is 14.3. The van der Waals surface area contributed by atoms with Gasteiger partial charge in [-0.05, 0) is 41.8 Å².